The number of amides is 1. The molecule has 1 aliphatic rings. The first-order valence-corrected chi connectivity index (χ1v) is 6.14. The van der Waals surface area contributed by atoms with Crippen molar-refractivity contribution in [3.63, 3.8) is 0 Å². The van der Waals surface area contributed by atoms with Crippen LogP contribution in [0.1, 0.15) is 5.56 Å². The maximum absolute atomic E-state index is 11.6. The fourth-order valence-corrected chi connectivity index (χ4v) is 2.04. The highest BCUT2D eigenvalue weighted by atomic mass is 32.1. The number of hydrogen-bond donors (Lipinski definition) is 2. The molecule has 0 radical (unpaired) electrons. The minimum Gasteiger partial charge on any atom is -0.493 e. The maximum Gasteiger partial charge on any atom is 0.273 e. The van der Waals surface area contributed by atoms with Gasteiger partial charge < -0.3 is 19.5 Å². The Labute approximate surface area is 121 Å². The van der Waals surface area contributed by atoms with Crippen LogP contribution in [0.3, 0.4) is 0 Å². The average Bonchev–Trinajstić information content (AvgIpc) is 2.75. The Balaban J connectivity index is 2.45. The summed E-state index contributed by atoms with van der Waals surface area (Å²) in [6.45, 7) is 0. The summed E-state index contributed by atoms with van der Waals surface area (Å²) in [5.74, 6) is 1.25. The fraction of sp³-hybridized carbons (Fsp3) is 0.231. The monoisotopic (exact) mass is 294 g/mol. The molecule has 0 bridgehead atoms. The van der Waals surface area contributed by atoms with Gasteiger partial charge in [0, 0.05) is 0 Å². The molecule has 20 heavy (non-hydrogen) atoms. The van der Waals surface area contributed by atoms with Gasteiger partial charge in [-0.15, -0.1) is 0 Å². The normalized spacial score (nSPS) is 15.8. The Morgan fingerprint density at radius 2 is 1.65 bits per heavy atom. The molecule has 2 N–H and O–H groups in total. The Kier molecular flexibility index (Phi) is 4.09. The molecule has 0 aromatic heterocycles. The SMILES string of the molecule is COc1cc(C=C2NC(=S)NC2=O)cc(OC)c1OC. The first kappa shape index (κ1) is 14.1. The van der Waals surface area contributed by atoms with Crippen LogP contribution in [0.25, 0.3) is 6.08 Å². The summed E-state index contributed by atoms with van der Waals surface area (Å²) in [7, 11) is 4.59. The van der Waals surface area contributed by atoms with E-state index >= 15 is 0 Å². The van der Waals surface area contributed by atoms with Gasteiger partial charge in [-0.3, -0.25) is 10.1 Å². The van der Waals surface area contributed by atoms with Crippen molar-refractivity contribution in [2.24, 2.45) is 0 Å². The second kappa shape index (κ2) is 5.79. The topological polar surface area (TPSA) is 68.8 Å². The van der Waals surface area contributed by atoms with Gasteiger partial charge in [-0.25, -0.2) is 0 Å². The molecule has 0 unspecified atom stereocenters. The van der Waals surface area contributed by atoms with Crippen molar-refractivity contribution in [1.82, 2.24) is 10.6 Å². The van der Waals surface area contributed by atoms with Gasteiger partial charge in [-0.05, 0) is 36.0 Å². The lowest BCUT2D eigenvalue weighted by molar-refractivity contribution is -0.115. The van der Waals surface area contributed by atoms with Gasteiger partial charge in [0.1, 0.15) is 5.70 Å². The molecule has 106 valence electrons. The number of hydrogen-bond acceptors (Lipinski definition) is 5. The van der Waals surface area contributed by atoms with Crippen molar-refractivity contribution < 1.29 is 19.0 Å². The van der Waals surface area contributed by atoms with Crippen LogP contribution in [0.4, 0.5) is 0 Å². The molecule has 1 aromatic rings. The van der Waals surface area contributed by atoms with Crippen LogP contribution >= 0.6 is 12.2 Å². The van der Waals surface area contributed by atoms with E-state index in [1.165, 1.54) is 21.3 Å². The number of thiocarbonyl (C=S) groups is 1. The molecule has 0 spiro atoms. The third kappa shape index (κ3) is 2.67. The first-order valence-electron chi connectivity index (χ1n) is 5.73. The van der Waals surface area contributed by atoms with Crippen molar-refractivity contribution in [2.45, 2.75) is 0 Å². The molecule has 0 atom stereocenters. The van der Waals surface area contributed by atoms with Gasteiger partial charge in [0.25, 0.3) is 5.91 Å². The van der Waals surface area contributed by atoms with Crippen LogP contribution in [0.2, 0.25) is 0 Å². The Morgan fingerprint density at radius 3 is 2.05 bits per heavy atom. The van der Waals surface area contributed by atoms with E-state index in [1.807, 2.05) is 0 Å². The number of nitrogens with one attached hydrogen (secondary N) is 2. The van der Waals surface area contributed by atoms with Crippen molar-refractivity contribution in [1.29, 1.82) is 0 Å². The molecule has 2 rings (SSSR count). The number of rotatable bonds is 4. The second-order valence-corrected chi connectivity index (χ2v) is 4.33. The zero-order valence-corrected chi connectivity index (χ0v) is 12.1. The van der Waals surface area contributed by atoms with E-state index in [4.69, 9.17) is 26.4 Å². The maximum atomic E-state index is 11.6. The van der Waals surface area contributed by atoms with Crippen LogP contribution in [0, 0.1) is 0 Å². The van der Waals surface area contributed by atoms with E-state index in [2.05, 4.69) is 10.6 Å². The largest absolute Gasteiger partial charge is 0.493 e. The second-order valence-electron chi connectivity index (χ2n) is 3.92. The fourth-order valence-electron chi connectivity index (χ4n) is 1.83. The number of benzene rings is 1. The average molecular weight is 294 g/mol. The van der Waals surface area contributed by atoms with Crippen LogP contribution in [0.15, 0.2) is 17.8 Å². The Hall–Kier alpha value is -2.28. The van der Waals surface area contributed by atoms with Gasteiger partial charge in [-0.1, -0.05) is 0 Å². The lowest BCUT2D eigenvalue weighted by Crippen LogP contribution is -2.21. The molecule has 1 aliphatic heterocycles. The van der Waals surface area contributed by atoms with Crippen molar-refractivity contribution >= 4 is 29.3 Å². The zero-order chi connectivity index (χ0) is 14.7. The third-order valence-corrected chi connectivity index (χ3v) is 2.92. The highest BCUT2D eigenvalue weighted by molar-refractivity contribution is 7.80. The molecule has 1 aromatic carbocycles. The minimum absolute atomic E-state index is 0.274. The van der Waals surface area contributed by atoms with Gasteiger partial charge in [0.2, 0.25) is 5.75 Å². The van der Waals surface area contributed by atoms with Gasteiger partial charge in [0.15, 0.2) is 16.6 Å². The Bertz CT molecular complexity index is 573. The summed E-state index contributed by atoms with van der Waals surface area (Å²) in [6, 6.07) is 3.48. The van der Waals surface area contributed by atoms with E-state index < -0.39 is 0 Å². The van der Waals surface area contributed by atoms with Crippen LogP contribution in [-0.2, 0) is 4.79 Å². The molecule has 1 fully saturated rings. The van der Waals surface area contributed by atoms with E-state index in [0.29, 0.717) is 22.9 Å². The first-order chi connectivity index (χ1) is 9.58. The summed E-state index contributed by atoms with van der Waals surface area (Å²) in [4.78, 5) is 11.6. The lowest BCUT2D eigenvalue weighted by atomic mass is 10.1. The summed E-state index contributed by atoms with van der Waals surface area (Å²) < 4.78 is 15.7. The number of ether oxygens (including phenoxy) is 3. The molecule has 6 nitrogen and oxygen atoms in total. The zero-order valence-electron chi connectivity index (χ0n) is 11.3. The van der Waals surface area contributed by atoms with Crippen molar-refractivity contribution in [3.05, 3.63) is 23.4 Å². The quantitative estimate of drug-likeness (QED) is 0.639. The number of methoxy groups -OCH3 is 3. The predicted octanol–water partition coefficient (Wildman–Crippen LogP) is 1.06. The molecule has 1 saturated heterocycles. The van der Waals surface area contributed by atoms with Crippen LogP contribution in [0.5, 0.6) is 17.2 Å². The minimum atomic E-state index is -0.274. The van der Waals surface area contributed by atoms with Crippen molar-refractivity contribution in [2.75, 3.05) is 21.3 Å². The summed E-state index contributed by atoms with van der Waals surface area (Å²) in [5.41, 5.74) is 1.09. The number of carbonyl (C=O) groups is 1. The molecule has 1 amide bonds. The summed E-state index contributed by atoms with van der Waals surface area (Å²) in [6.07, 6.45) is 1.65. The molecule has 0 aliphatic carbocycles. The summed E-state index contributed by atoms with van der Waals surface area (Å²) >= 11 is 4.87. The molecule has 1 heterocycles. The van der Waals surface area contributed by atoms with Gasteiger partial charge in [0.05, 0.1) is 21.3 Å². The van der Waals surface area contributed by atoms with E-state index in [-0.39, 0.29) is 11.0 Å². The van der Waals surface area contributed by atoms with Gasteiger partial charge in [-0.2, -0.15) is 0 Å². The smallest absolute Gasteiger partial charge is 0.273 e. The number of carbonyl (C=O) groups excluding carboxylic acids is 1. The highest BCUT2D eigenvalue weighted by Gasteiger charge is 2.20. The Morgan fingerprint density at radius 1 is 1.05 bits per heavy atom. The molecule has 7 heteroatoms. The molecular formula is C13H14N2O4S. The summed E-state index contributed by atoms with van der Waals surface area (Å²) in [5, 5.41) is 5.55. The predicted molar refractivity (Wildman–Crippen MR) is 78.0 cm³/mol. The van der Waals surface area contributed by atoms with Crippen LogP contribution < -0.4 is 24.8 Å². The van der Waals surface area contributed by atoms with E-state index in [9.17, 15) is 4.79 Å². The van der Waals surface area contributed by atoms with E-state index in [0.717, 1.165) is 5.56 Å². The van der Waals surface area contributed by atoms with E-state index in [1.54, 1.807) is 18.2 Å². The van der Waals surface area contributed by atoms with Crippen LogP contribution in [-0.4, -0.2) is 32.3 Å². The standard InChI is InChI=1S/C13H14N2O4S/c1-17-9-5-7(6-10(18-2)11(9)19-3)4-8-12(16)15-13(20)14-8/h4-6H,1-3H3,(H2,14,15,16,20). The lowest BCUT2D eigenvalue weighted by Gasteiger charge is -2.13. The molecular weight excluding hydrogens is 280 g/mol. The molecule has 0 saturated carbocycles. The third-order valence-electron chi connectivity index (χ3n) is 2.72. The van der Waals surface area contributed by atoms with Crippen molar-refractivity contribution in [3.8, 4) is 17.2 Å². The van der Waals surface area contributed by atoms with Gasteiger partial charge >= 0.3 is 0 Å². The highest BCUT2D eigenvalue weighted by Crippen LogP contribution is 2.38.